The average Bonchev–Trinajstić information content (AvgIpc) is 3.19. The number of Topliss-reactive ketones (excluding diaryl/α,β-unsaturated/α-hetero) is 1. The Morgan fingerprint density at radius 3 is 2.45 bits per heavy atom. The summed E-state index contributed by atoms with van der Waals surface area (Å²) in [6.07, 6.45) is 6.62. The fourth-order valence-corrected chi connectivity index (χ4v) is 5.26. The van der Waals surface area contributed by atoms with E-state index < -0.39 is 5.92 Å². The van der Waals surface area contributed by atoms with Crippen LogP contribution in [0, 0.1) is 11.3 Å². The molecule has 166 valence electrons. The number of carbonyl (C=O) groups excluding carboxylic acids is 2. The van der Waals surface area contributed by atoms with Gasteiger partial charge in [0.05, 0.1) is 18.1 Å². The molecule has 5 heteroatoms. The lowest BCUT2D eigenvalue weighted by atomic mass is 9.66. The molecule has 1 aromatic carbocycles. The van der Waals surface area contributed by atoms with Crippen LogP contribution in [0.15, 0.2) is 47.3 Å². The Kier molecular flexibility index (Phi) is 5.96. The van der Waals surface area contributed by atoms with E-state index in [-0.39, 0.29) is 29.2 Å². The molecule has 1 aliphatic heterocycles. The molecule has 1 aromatic rings. The Hall–Kier alpha value is -2.56. The number of ketones is 1. The van der Waals surface area contributed by atoms with Gasteiger partial charge in [0.15, 0.2) is 0 Å². The lowest BCUT2D eigenvalue weighted by molar-refractivity contribution is -0.144. The number of rotatable bonds is 5. The number of carbonyl (C=O) groups is 2. The molecule has 1 N–H and O–H groups in total. The summed E-state index contributed by atoms with van der Waals surface area (Å²) >= 11 is 0. The van der Waals surface area contributed by atoms with Gasteiger partial charge < -0.3 is 14.8 Å². The maximum absolute atomic E-state index is 13.4. The van der Waals surface area contributed by atoms with E-state index in [1.165, 1.54) is 0 Å². The van der Waals surface area contributed by atoms with Crippen molar-refractivity contribution < 1.29 is 19.1 Å². The highest BCUT2D eigenvalue weighted by atomic mass is 16.5. The zero-order valence-corrected chi connectivity index (χ0v) is 19.0. The van der Waals surface area contributed by atoms with Crippen LogP contribution in [0.1, 0.15) is 71.3 Å². The lowest BCUT2D eigenvalue weighted by Crippen LogP contribution is -2.43. The van der Waals surface area contributed by atoms with Crippen LogP contribution in [0.25, 0.3) is 0 Å². The van der Waals surface area contributed by atoms with Crippen molar-refractivity contribution in [3.8, 4) is 5.75 Å². The second-order valence-electron chi connectivity index (χ2n) is 9.66. The molecule has 4 rings (SSSR count). The molecule has 1 saturated carbocycles. The summed E-state index contributed by atoms with van der Waals surface area (Å²) in [4.78, 5) is 26.7. The third kappa shape index (κ3) is 4.41. The zero-order valence-electron chi connectivity index (χ0n) is 19.0. The molecule has 0 amide bonds. The van der Waals surface area contributed by atoms with Crippen LogP contribution in [0.4, 0.5) is 0 Å². The maximum Gasteiger partial charge on any atom is 0.336 e. The molecule has 2 unspecified atom stereocenters. The van der Waals surface area contributed by atoms with Crippen molar-refractivity contribution in [3.05, 3.63) is 52.9 Å². The SMILES string of the molecule is CCOc1ccc(C2C(C(=O)OC3CCCC3)=C(C)NC3=CC(C)(C)CC(=O)C32)cc1. The van der Waals surface area contributed by atoms with Gasteiger partial charge in [-0.15, -0.1) is 0 Å². The van der Waals surface area contributed by atoms with Gasteiger partial charge in [0.2, 0.25) is 0 Å². The summed E-state index contributed by atoms with van der Waals surface area (Å²) in [7, 11) is 0. The van der Waals surface area contributed by atoms with Gasteiger partial charge in [0, 0.05) is 23.7 Å². The number of hydrogen-bond donors (Lipinski definition) is 1. The predicted octanol–water partition coefficient (Wildman–Crippen LogP) is 5.03. The topological polar surface area (TPSA) is 64.6 Å². The van der Waals surface area contributed by atoms with E-state index in [1.807, 2.05) is 38.1 Å². The first-order chi connectivity index (χ1) is 14.8. The highest BCUT2D eigenvalue weighted by Crippen LogP contribution is 2.47. The van der Waals surface area contributed by atoms with Crippen molar-refractivity contribution in [2.75, 3.05) is 6.61 Å². The van der Waals surface area contributed by atoms with E-state index in [0.29, 0.717) is 18.6 Å². The molecule has 1 heterocycles. The molecule has 3 aliphatic rings. The van der Waals surface area contributed by atoms with Crippen molar-refractivity contribution >= 4 is 11.8 Å². The van der Waals surface area contributed by atoms with Crippen LogP contribution in [-0.4, -0.2) is 24.5 Å². The summed E-state index contributed by atoms with van der Waals surface area (Å²) in [6, 6.07) is 7.77. The zero-order chi connectivity index (χ0) is 22.2. The third-order valence-electron chi connectivity index (χ3n) is 6.58. The monoisotopic (exact) mass is 423 g/mol. The molecule has 31 heavy (non-hydrogen) atoms. The molecular weight excluding hydrogens is 390 g/mol. The number of hydrogen-bond acceptors (Lipinski definition) is 5. The Bertz CT molecular complexity index is 919. The number of ether oxygens (including phenoxy) is 2. The van der Waals surface area contributed by atoms with Crippen LogP contribution in [0.5, 0.6) is 5.75 Å². The Morgan fingerprint density at radius 2 is 1.81 bits per heavy atom. The molecule has 0 aromatic heterocycles. The highest BCUT2D eigenvalue weighted by molar-refractivity contribution is 5.96. The molecule has 1 fully saturated rings. The largest absolute Gasteiger partial charge is 0.494 e. The first kappa shape index (κ1) is 21.7. The van der Waals surface area contributed by atoms with Crippen LogP contribution in [0.3, 0.4) is 0 Å². The van der Waals surface area contributed by atoms with Gasteiger partial charge >= 0.3 is 5.97 Å². The first-order valence-electron chi connectivity index (χ1n) is 11.5. The van der Waals surface area contributed by atoms with E-state index in [1.54, 1.807) is 0 Å². The van der Waals surface area contributed by atoms with Gasteiger partial charge in [0.1, 0.15) is 17.6 Å². The van der Waals surface area contributed by atoms with Crippen molar-refractivity contribution in [1.29, 1.82) is 0 Å². The number of allylic oxidation sites excluding steroid dienone is 3. The van der Waals surface area contributed by atoms with Crippen LogP contribution in [-0.2, 0) is 14.3 Å². The van der Waals surface area contributed by atoms with Gasteiger partial charge in [-0.3, -0.25) is 4.79 Å². The standard InChI is InChI=1S/C26H33NO4/c1-5-30-18-12-10-17(11-13-18)23-22(25(29)31-19-8-6-7-9-19)16(2)27-20-14-26(3,4)15-21(28)24(20)23/h10-14,19,23-24,27H,5-9,15H2,1-4H3. The highest BCUT2D eigenvalue weighted by Gasteiger charge is 2.46. The molecule has 0 bridgehead atoms. The normalized spacial score (nSPS) is 25.5. The average molecular weight is 424 g/mol. The van der Waals surface area contributed by atoms with Gasteiger partial charge in [-0.05, 0) is 62.6 Å². The summed E-state index contributed by atoms with van der Waals surface area (Å²) in [5, 5.41) is 3.39. The summed E-state index contributed by atoms with van der Waals surface area (Å²) < 4.78 is 11.5. The van der Waals surface area contributed by atoms with Gasteiger partial charge in [0.25, 0.3) is 0 Å². The van der Waals surface area contributed by atoms with Gasteiger partial charge in [-0.1, -0.05) is 32.1 Å². The molecular formula is C26H33NO4. The number of esters is 1. The van der Waals surface area contributed by atoms with Crippen molar-refractivity contribution in [3.63, 3.8) is 0 Å². The smallest absolute Gasteiger partial charge is 0.336 e. The van der Waals surface area contributed by atoms with Crippen molar-refractivity contribution in [2.45, 2.75) is 71.8 Å². The fraction of sp³-hybridized carbons (Fsp3) is 0.538. The fourth-order valence-electron chi connectivity index (χ4n) is 5.26. The van der Waals surface area contributed by atoms with E-state index in [9.17, 15) is 9.59 Å². The number of nitrogens with one attached hydrogen (secondary N) is 1. The van der Waals surface area contributed by atoms with E-state index in [2.05, 4.69) is 25.2 Å². The Morgan fingerprint density at radius 1 is 1.13 bits per heavy atom. The van der Waals surface area contributed by atoms with E-state index >= 15 is 0 Å². The first-order valence-corrected chi connectivity index (χ1v) is 11.5. The van der Waals surface area contributed by atoms with Crippen molar-refractivity contribution in [2.24, 2.45) is 11.3 Å². The van der Waals surface area contributed by atoms with Crippen LogP contribution < -0.4 is 10.1 Å². The molecule has 2 atom stereocenters. The van der Waals surface area contributed by atoms with Crippen LogP contribution >= 0.6 is 0 Å². The number of fused-ring (bicyclic) bond motifs is 1. The van der Waals surface area contributed by atoms with E-state index in [4.69, 9.17) is 9.47 Å². The maximum atomic E-state index is 13.4. The minimum atomic E-state index is -0.402. The predicted molar refractivity (Wildman–Crippen MR) is 120 cm³/mol. The van der Waals surface area contributed by atoms with Crippen molar-refractivity contribution in [1.82, 2.24) is 5.32 Å². The third-order valence-corrected chi connectivity index (χ3v) is 6.58. The quantitative estimate of drug-likeness (QED) is 0.673. The lowest BCUT2D eigenvalue weighted by Gasteiger charge is -2.41. The summed E-state index contributed by atoms with van der Waals surface area (Å²) in [6.45, 7) is 8.60. The second-order valence-corrected chi connectivity index (χ2v) is 9.66. The van der Waals surface area contributed by atoms with Gasteiger partial charge in [-0.2, -0.15) is 0 Å². The van der Waals surface area contributed by atoms with Gasteiger partial charge in [-0.25, -0.2) is 4.79 Å². The second kappa shape index (κ2) is 8.52. The molecule has 0 radical (unpaired) electrons. The molecule has 0 spiro atoms. The van der Waals surface area contributed by atoms with E-state index in [0.717, 1.165) is 48.4 Å². The Balaban J connectivity index is 1.76. The minimum absolute atomic E-state index is 0.0216. The number of benzene rings is 1. The van der Waals surface area contributed by atoms with Crippen LogP contribution in [0.2, 0.25) is 0 Å². The summed E-state index contributed by atoms with van der Waals surface area (Å²) in [5.41, 5.74) is 2.98. The summed E-state index contributed by atoms with van der Waals surface area (Å²) in [5.74, 6) is -0.121. The minimum Gasteiger partial charge on any atom is -0.494 e. The Labute approximate surface area is 184 Å². The molecule has 2 aliphatic carbocycles. The molecule has 5 nitrogen and oxygen atoms in total. The molecule has 0 saturated heterocycles.